The Labute approximate surface area is 135 Å². The van der Waals surface area contributed by atoms with Crippen LogP contribution in [0, 0.1) is 13.8 Å². The zero-order valence-electron chi connectivity index (χ0n) is 11.9. The van der Waals surface area contributed by atoms with Crippen molar-refractivity contribution in [1.29, 1.82) is 0 Å². The molecule has 0 aliphatic carbocycles. The number of halogens is 1. The first-order valence-corrected chi connectivity index (χ1v) is 7.26. The van der Waals surface area contributed by atoms with Crippen molar-refractivity contribution in [3.8, 4) is 0 Å². The lowest BCUT2D eigenvalue weighted by molar-refractivity contribution is 1.05. The van der Waals surface area contributed by atoms with Crippen LogP contribution in [-0.4, -0.2) is 11.3 Å². The van der Waals surface area contributed by atoms with Crippen molar-refractivity contribution in [2.24, 2.45) is 5.10 Å². The number of nitrogens with zero attached hydrogens (tertiary/aromatic N) is 1. The molecule has 0 atom stereocenters. The minimum absolute atomic E-state index is 0.451. The first-order chi connectivity index (χ1) is 10.0. The first kappa shape index (κ1) is 15.5. The standard InChI is InChI=1S/C16H16ClN3S/c1-11-3-8-15(12(2)9-11)19-16(21)20-18-10-13-4-6-14(17)7-5-13/h3-10H,1-2H3,(H2,19,20,21). The van der Waals surface area contributed by atoms with E-state index in [2.05, 4.69) is 28.8 Å². The molecule has 0 radical (unpaired) electrons. The Morgan fingerprint density at radius 2 is 1.86 bits per heavy atom. The van der Waals surface area contributed by atoms with Crippen LogP contribution in [0.1, 0.15) is 16.7 Å². The molecule has 5 heteroatoms. The maximum atomic E-state index is 5.82. The van der Waals surface area contributed by atoms with E-state index in [0.29, 0.717) is 10.1 Å². The number of thiocarbonyl (C=S) groups is 1. The molecule has 0 saturated heterocycles. The lowest BCUT2D eigenvalue weighted by atomic mass is 10.1. The average Bonchev–Trinajstić information content (AvgIpc) is 2.44. The van der Waals surface area contributed by atoms with Crippen molar-refractivity contribution in [2.45, 2.75) is 13.8 Å². The summed E-state index contributed by atoms with van der Waals surface area (Å²) in [4.78, 5) is 0. The average molecular weight is 318 g/mol. The van der Waals surface area contributed by atoms with Gasteiger partial charge < -0.3 is 5.32 Å². The normalized spacial score (nSPS) is 10.6. The van der Waals surface area contributed by atoms with Crippen molar-refractivity contribution >= 4 is 40.8 Å². The van der Waals surface area contributed by atoms with Gasteiger partial charge in [-0.05, 0) is 55.4 Å². The van der Waals surface area contributed by atoms with Crippen LogP contribution in [-0.2, 0) is 0 Å². The minimum Gasteiger partial charge on any atom is -0.331 e. The third-order valence-corrected chi connectivity index (χ3v) is 3.33. The highest BCUT2D eigenvalue weighted by molar-refractivity contribution is 7.80. The maximum absolute atomic E-state index is 5.82. The molecule has 0 amide bonds. The Morgan fingerprint density at radius 1 is 1.14 bits per heavy atom. The molecular formula is C16H16ClN3S. The Hall–Kier alpha value is -1.91. The number of aryl methyl sites for hydroxylation is 2. The summed E-state index contributed by atoms with van der Waals surface area (Å²) in [5.74, 6) is 0. The van der Waals surface area contributed by atoms with Gasteiger partial charge in [0.25, 0.3) is 0 Å². The van der Waals surface area contributed by atoms with E-state index in [1.165, 1.54) is 5.56 Å². The largest absolute Gasteiger partial charge is 0.331 e. The van der Waals surface area contributed by atoms with E-state index in [9.17, 15) is 0 Å². The second kappa shape index (κ2) is 7.20. The van der Waals surface area contributed by atoms with Gasteiger partial charge in [0.1, 0.15) is 0 Å². The van der Waals surface area contributed by atoms with Crippen LogP contribution < -0.4 is 10.7 Å². The molecule has 2 aromatic carbocycles. The van der Waals surface area contributed by atoms with Crippen LogP contribution in [0.2, 0.25) is 5.02 Å². The predicted octanol–water partition coefficient (Wildman–Crippen LogP) is 4.28. The molecule has 0 saturated carbocycles. The van der Waals surface area contributed by atoms with Crippen LogP contribution in [0.25, 0.3) is 0 Å². The molecule has 0 aromatic heterocycles. The van der Waals surface area contributed by atoms with Crippen LogP contribution in [0.5, 0.6) is 0 Å². The maximum Gasteiger partial charge on any atom is 0.191 e. The zero-order valence-corrected chi connectivity index (χ0v) is 13.4. The van der Waals surface area contributed by atoms with Gasteiger partial charge in [0.05, 0.1) is 6.21 Å². The van der Waals surface area contributed by atoms with Gasteiger partial charge in [-0.2, -0.15) is 5.10 Å². The summed E-state index contributed by atoms with van der Waals surface area (Å²) in [6.07, 6.45) is 1.69. The smallest absolute Gasteiger partial charge is 0.191 e. The summed E-state index contributed by atoms with van der Waals surface area (Å²) in [7, 11) is 0. The number of hydrazone groups is 1. The molecule has 0 fully saturated rings. The van der Waals surface area contributed by atoms with Crippen molar-refractivity contribution in [1.82, 2.24) is 5.43 Å². The Balaban J connectivity index is 1.91. The number of anilines is 1. The highest BCUT2D eigenvalue weighted by atomic mass is 35.5. The summed E-state index contributed by atoms with van der Waals surface area (Å²) < 4.78 is 0. The van der Waals surface area contributed by atoms with E-state index < -0.39 is 0 Å². The molecule has 0 unspecified atom stereocenters. The van der Waals surface area contributed by atoms with E-state index >= 15 is 0 Å². The van der Waals surface area contributed by atoms with Gasteiger partial charge in [0, 0.05) is 10.7 Å². The van der Waals surface area contributed by atoms with E-state index in [1.807, 2.05) is 43.3 Å². The molecule has 108 valence electrons. The molecule has 2 N–H and O–H groups in total. The molecule has 0 aliphatic rings. The zero-order chi connectivity index (χ0) is 15.2. The fourth-order valence-electron chi connectivity index (χ4n) is 1.82. The number of hydrogen-bond donors (Lipinski definition) is 2. The van der Waals surface area contributed by atoms with E-state index in [4.69, 9.17) is 23.8 Å². The molecule has 21 heavy (non-hydrogen) atoms. The van der Waals surface area contributed by atoms with Crippen molar-refractivity contribution < 1.29 is 0 Å². The monoisotopic (exact) mass is 317 g/mol. The highest BCUT2D eigenvalue weighted by Gasteiger charge is 2.00. The molecule has 0 heterocycles. The lowest BCUT2D eigenvalue weighted by Crippen LogP contribution is -2.24. The Morgan fingerprint density at radius 3 is 2.52 bits per heavy atom. The lowest BCUT2D eigenvalue weighted by Gasteiger charge is -2.10. The summed E-state index contributed by atoms with van der Waals surface area (Å²) in [5, 5.41) is 8.36. The highest BCUT2D eigenvalue weighted by Crippen LogP contribution is 2.15. The third-order valence-electron chi connectivity index (χ3n) is 2.88. The second-order valence-corrected chi connectivity index (χ2v) is 5.54. The van der Waals surface area contributed by atoms with E-state index in [0.717, 1.165) is 16.8 Å². The summed E-state index contributed by atoms with van der Waals surface area (Å²) >= 11 is 11.0. The molecule has 0 aliphatic heterocycles. The van der Waals surface area contributed by atoms with Gasteiger partial charge in [0.2, 0.25) is 0 Å². The van der Waals surface area contributed by atoms with Gasteiger partial charge in [0.15, 0.2) is 5.11 Å². The Bertz CT molecular complexity index is 666. The summed E-state index contributed by atoms with van der Waals surface area (Å²) in [6.45, 7) is 4.10. The third kappa shape index (κ3) is 4.85. The number of benzene rings is 2. The fourth-order valence-corrected chi connectivity index (χ4v) is 2.11. The second-order valence-electron chi connectivity index (χ2n) is 4.69. The number of rotatable bonds is 3. The van der Waals surface area contributed by atoms with E-state index in [1.54, 1.807) is 6.21 Å². The van der Waals surface area contributed by atoms with Gasteiger partial charge in [-0.1, -0.05) is 41.4 Å². The van der Waals surface area contributed by atoms with E-state index in [-0.39, 0.29) is 0 Å². The molecule has 0 spiro atoms. The van der Waals surface area contributed by atoms with Gasteiger partial charge in [-0.15, -0.1) is 0 Å². The van der Waals surface area contributed by atoms with Crippen molar-refractivity contribution in [3.63, 3.8) is 0 Å². The SMILES string of the molecule is Cc1ccc(NC(=S)NN=Cc2ccc(Cl)cc2)c(C)c1. The topological polar surface area (TPSA) is 36.4 Å². The molecule has 0 bridgehead atoms. The molecule has 2 rings (SSSR count). The summed E-state index contributed by atoms with van der Waals surface area (Å²) in [5.41, 5.74) is 7.07. The van der Waals surface area contributed by atoms with Crippen LogP contribution >= 0.6 is 23.8 Å². The van der Waals surface area contributed by atoms with Gasteiger partial charge >= 0.3 is 0 Å². The van der Waals surface area contributed by atoms with Crippen LogP contribution in [0.4, 0.5) is 5.69 Å². The Kier molecular flexibility index (Phi) is 5.31. The van der Waals surface area contributed by atoms with Crippen molar-refractivity contribution in [3.05, 3.63) is 64.2 Å². The van der Waals surface area contributed by atoms with Crippen molar-refractivity contribution in [2.75, 3.05) is 5.32 Å². The van der Waals surface area contributed by atoms with Gasteiger partial charge in [-0.3, -0.25) is 5.43 Å². The quantitative estimate of drug-likeness (QED) is 0.504. The minimum atomic E-state index is 0.451. The molecular weight excluding hydrogens is 302 g/mol. The van der Waals surface area contributed by atoms with Crippen LogP contribution in [0.15, 0.2) is 47.6 Å². The molecule has 2 aromatic rings. The number of nitrogens with one attached hydrogen (secondary N) is 2. The van der Waals surface area contributed by atoms with Gasteiger partial charge in [-0.25, -0.2) is 0 Å². The fraction of sp³-hybridized carbons (Fsp3) is 0.125. The number of hydrogen-bond acceptors (Lipinski definition) is 2. The predicted molar refractivity (Wildman–Crippen MR) is 94.3 cm³/mol. The molecule has 3 nitrogen and oxygen atoms in total. The summed E-state index contributed by atoms with van der Waals surface area (Å²) in [6, 6.07) is 13.5. The van der Waals surface area contributed by atoms with Crippen LogP contribution in [0.3, 0.4) is 0 Å². The first-order valence-electron chi connectivity index (χ1n) is 6.47.